The first-order valence-electron chi connectivity index (χ1n) is 6.88. The van der Waals surface area contributed by atoms with E-state index in [1.165, 1.54) is 31.7 Å². The topological polar surface area (TPSA) is 35.2 Å². The third-order valence-corrected chi connectivity index (χ3v) is 3.90. The van der Waals surface area contributed by atoms with Crippen molar-refractivity contribution in [3.63, 3.8) is 0 Å². The molecule has 0 heterocycles. The van der Waals surface area contributed by atoms with Crippen molar-refractivity contribution in [1.29, 1.82) is 0 Å². The number of rotatable bonds is 8. The minimum Gasteiger partial charge on any atom is -0.496 e. The van der Waals surface area contributed by atoms with E-state index in [4.69, 9.17) is 10.5 Å². The molecular weight excluding hydrogens is 309 g/mol. The molecule has 1 unspecified atom stereocenters. The second-order valence-electron chi connectivity index (χ2n) is 4.82. The Morgan fingerprint density at radius 1 is 1.26 bits per heavy atom. The Morgan fingerprint density at radius 3 is 2.58 bits per heavy atom. The van der Waals surface area contributed by atoms with Crippen LogP contribution in [0.25, 0.3) is 0 Å². The first-order chi connectivity index (χ1) is 9.10. The molecule has 0 aliphatic heterocycles. The van der Waals surface area contributed by atoms with E-state index >= 15 is 0 Å². The molecule has 0 bridgehead atoms. The van der Waals surface area contributed by atoms with E-state index in [1.54, 1.807) is 13.2 Å². The zero-order valence-electron chi connectivity index (χ0n) is 11.7. The van der Waals surface area contributed by atoms with E-state index in [0.29, 0.717) is 10.2 Å². The van der Waals surface area contributed by atoms with Crippen LogP contribution in [0.4, 0.5) is 4.39 Å². The van der Waals surface area contributed by atoms with E-state index in [1.807, 2.05) is 0 Å². The molecule has 0 saturated carbocycles. The van der Waals surface area contributed by atoms with Crippen LogP contribution in [0.3, 0.4) is 0 Å². The third kappa shape index (κ3) is 5.11. The predicted molar refractivity (Wildman–Crippen MR) is 81.0 cm³/mol. The lowest BCUT2D eigenvalue weighted by atomic mass is 9.99. The number of ether oxygens (including phenoxy) is 1. The van der Waals surface area contributed by atoms with Crippen LogP contribution >= 0.6 is 15.9 Å². The summed E-state index contributed by atoms with van der Waals surface area (Å²) >= 11 is 3.19. The second kappa shape index (κ2) is 8.54. The van der Waals surface area contributed by atoms with Gasteiger partial charge in [-0.05, 0) is 28.4 Å². The highest BCUT2D eigenvalue weighted by molar-refractivity contribution is 9.10. The van der Waals surface area contributed by atoms with Crippen molar-refractivity contribution in [2.45, 2.75) is 51.5 Å². The fourth-order valence-electron chi connectivity index (χ4n) is 2.13. The van der Waals surface area contributed by atoms with Gasteiger partial charge in [0, 0.05) is 17.7 Å². The summed E-state index contributed by atoms with van der Waals surface area (Å²) in [6.45, 7) is 2.20. The number of hydrogen-bond donors (Lipinski definition) is 1. The number of nitrogens with two attached hydrogens (primary N) is 1. The zero-order valence-corrected chi connectivity index (χ0v) is 13.3. The molecule has 2 N–H and O–H groups in total. The van der Waals surface area contributed by atoms with Gasteiger partial charge < -0.3 is 10.5 Å². The monoisotopic (exact) mass is 331 g/mol. The SMILES string of the molecule is CCCCCCCC(N)c1cc(Br)c(F)cc1OC. The molecule has 1 aromatic rings. The van der Waals surface area contributed by atoms with Gasteiger partial charge in [-0.3, -0.25) is 0 Å². The second-order valence-corrected chi connectivity index (χ2v) is 5.67. The van der Waals surface area contributed by atoms with Crippen LogP contribution in [0.1, 0.15) is 57.1 Å². The number of unbranched alkanes of at least 4 members (excludes halogenated alkanes) is 4. The van der Waals surface area contributed by atoms with Gasteiger partial charge in [0.25, 0.3) is 0 Å². The van der Waals surface area contributed by atoms with Crippen LogP contribution in [0, 0.1) is 5.82 Å². The van der Waals surface area contributed by atoms with Crippen molar-refractivity contribution >= 4 is 15.9 Å². The molecule has 0 spiro atoms. The van der Waals surface area contributed by atoms with Gasteiger partial charge in [-0.2, -0.15) is 0 Å². The molecule has 0 fully saturated rings. The van der Waals surface area contributed by atoms with E-state index in [2.05, 4.69) is 22.9 Å². The molecule has 0 saturated heterocycles. The van der Waals surface area contributed by atoms with Gasteiger partial charge in [0.2, 0.25) is 0 Å². The maximum absolute atomic E-state index is 13.4. The molecule has 1 atom stereocenters. The normalized spacial score (nSPS) is 12.5. The summed E-state index contributed by atoms with van der Waals surface area (Å²) in [6, 6.07) is 3.01. The molecule has 108 valence electrons. The molecule has 0 aromatic heterocycles. The van der Waals surface area contributed by atoms with Gasteiger partial charge in [0.05, 0.1) is 11.6 Å². The van der Waals surface area contributed by atoms with Crippen LogP contribution in [0.5, 0.6) is 5.75 Å². The summed E-state index contributed by atoms with van der Waals surface area (Å²) in [5, 5.41) is 0. The highest BCUT2D eigenvalue weighted by Gasteiger charge is 2.15. The summed E-state index contributed by atoms with van der Waals surface area (Å²) in [5.74, 6) is 0.206. The number of benzene rings is 1. The van der Waals surface area contributed by atoms with Crippen molar-refractivity contribution < 1.29 is 9.13 Å². The lowest BCUT2D eigenvalue weighted by molar-refractivity contribution is 0.399. The summed E-state index contributed by atoms with van der Waals surface area (Å²) < 4.78 is 19.1. The Hall–Kier alpha value is -0.610. The van der Waals surface area contributed by atoms with Crippen molar-refractivity contribution in [2.75, 3.05) is 7.11 Å². The van der Waals surface area contributed by atoms with Gasteiger partial charge in [-0.1, -0.05) is 39.0 Å². The van der Waals surface area contributed by atoms with E-state index in [0.717, 1.165) is 18.4 Å². The quantitative estimate of drug-likeness (QED) is 0.683. The molecule has 1 aromatic carbocycles. The van der Waals surface area contributed by atoms with Gasteiger partial charge in [-0.25, -0.2) is 4.39 Å². The van der Waals surface area contributed by atoms with E-state index < -0.39 is 0 Å². The first kappa shape index (κ1) is 16.4. The average Bonchev–Trinajstić information content (AvgIpc) is 2.40. The summed E-state index contributed by atoms with van der Waals surface area (Å²) in [6.07, 6.45) is 6.97. The Balaban J connectivity index is 2.60. The van der Waals surface area contributed by atoms with Gasteiger partial charge >= 0.3 is 0 Å². The molecule has 0 aliphatic carbocycles. The molecule has 19 heavy (non-hydrogen) atoms. The zero-order chi connectivity index (χ0) is 14.3. The van der Waals surface area contributed by atoms with Crippen molar-refractivity contribution in [3.8, 4) is 5.75 Å². The molecule has 0 amide bonds. The van der Waals surface area contributed by atoms with E-state index in [-0.39, 0.29) is 11.9 Å². The molecule has 4 heteroatoms. The molecule has 1 rings (SSSR count). The Morgan fingerprint density at radius 2 is 1.95 bits per heavy atom. The molecule has 0 radical (unpaired) electrons. The maximum Gasteiger partial charge on any atom is 0.141 e. The van der Waals surface area contributed by atoms with Crippen molar-refractivity contribution in [1.82, 2.24) is 0 Å². The third-order valence-electron chi connectivity index (χ3n) is 3.29. The molecule has 2 nitrogen and oxygen atoms in total. The smallest absolute Gasteiger partial charge is 0.141 e. The van der Waals surface area contributed by atoms with Gasteiger partial charge in [0.1, 0.15) is 11.6 Å². The molecular formula is C15H23BrFNO. The number of methoxy groups -OCH3 is 1. The number of hydrogen-bond acceptors (Lipinski definition) is 2. The minimum atomic E-state index is -0.323. The Labute approximate surface area is 123 Å². The highest BCUT2D eigenvalue weighted by Crippen LogP contribution is 2.32. The Bertz CT molecular complexity index is 398. The average molecular weight is 332 g/mol. The lowest BCUT2D eigenvalue weighted by Gasteiger charge is -2.16. The fourth-order valence-corrected chi connectivity index (χ4v) is 2.49. The van der Waals surface area contributed by atoms with Crippen LogP contribution in [0.15, 0.2) is 16.6 Å². The molecule has 0 aliphatic rings. The van der Waals surface area contributed by atoms with Crippen LogP contribution in [-0.2, 0) is 0 Å². The van der Waals surface area contributed by atoms with Crippen LogP contribution in [0.2, 0.25) is 0 Å². The maximum atomic E-state index is 13.4. The summed E-state index contributed by atoms with van der Waals surface area (Å²) in [4.78, 5) is 0. The summed E-state index contributed by atoms with van der Waals surface area (Å²) in [5.41, 5.74) is 7.05. The first-order valence-corrected chi connectivity index (χ1v) is 7.68. The Kier molecular flexibility index (Phi) is 7.39. The standard InChI is InChI=1S/C15H23BrFNO/c1-3-4-5-6-7-8-14(18)11-9-12(16)13(17)10-15(11)19-2/h9-10,14H,3-8,18H2,1-2H3. The van der Waals surface area contributed by atoms with Crippen molar-refractivity contribution in [2.24, 2.45) is 5.73 Å². The highest BCUT2D eigenvalue weighted by atomic mass is 79.9. The van der Waals surface area contributed by atoms with Gasteiger partial charge in [-0.15, -0.1) is 0 Å². The van der Waals surface area contributed by atoms with Gasteiger partial charge in [0.15, 0.2) is 0 Å². The number of halogens is 2. The summed E-state index contributed by atoms with van der Waals surface area (Å²) in [7, 11) is 1.54. The van der Waals surface area contributed by atoms with E-state index in [9.17, 15) is 4.39 Å². The predicted octanol–water partition coefficient (Wildman–Crippen LogP) is 4.96. The largest absolute Gasteiger partial charge is 0.496 e. The lowest BCUT2D eigenvalue weighted by Crippen LogP contribution is -2.12. The van der Waals surface area contributed by atoms with Crippen LogP contribution in [-0.4, -0.2) is 7.11 Å². The minimum absolute atomic E-state index is 0.103. The fraction of sp³-hybridized carbons (Fsp3) is 0.600. The van der Waals surface area contributed by atoms with Crippen molar-refractivity contribution in [3.05, 3.63) is 28.0 Å². The van der Waals surface area contributed by atoms with Crippen LogP contribution < -0.4 is 10.5 Å².